The second-order valence-corrected chi connectivity index (χ2v) is 12.1. The molecule has 2 amide bonds. The van der Waals surface area contributed by atoms with Gasteiger partial charge in [0.15, 0.2) is 0 Å². The summed E-state index contributed by atoms with van der Waals surface area (Å²) in [6, 6.07) is 12.1. The monoisotopic (exact) mass is 634 g/mol. The smallest absolute Gasteiger partial charge is 0.248 e. The highest BCUT2D eigenvalue weighted by Gasteiger charge is 2.26. The van der Waals surface area contributed by atoms with Gasteiger partial charge in [-0.05, 0) is 63.6 Å². The lowest BCUT2D eigenvalue weighted by Crippen LogP contribution is -2.35. The van der Waals surface area contributed by atoms with Gasteiger partial charge in [0.25, 0.3) is 0 Å². The summed E-state index contributed by atoms with van der Waals surface area (Å²) in [6.45, 7) is 6.89. The summed E-state index contributed by atoms with van der Waals surface area (Å²) in [6.07, 6.45) is 5.62. The van der Waals surface area contributed by atoms with E-state index in [1.54, 1.807) is 51.9 Å². The average molecular weight is 635 g/mol. The standard InChI is InChI=1S/C34H33ClF2N4O4/c1-34(2,3)38-13-5-9-29(42)39-32-24(36)16-20(17-25(32)37)33(44)27-12-11-26-22(8-6-15-41(26)27)31-23(35)18-21(19-28(31)45-4)40-14-7-10-30(40)43/h5-6,8-9,11-12,15-19,38H,7,10,13-14H2,1-4H3,(H,39,42)/b9-5+. The third kappa shape index (κ3) is 6.77. The number of methoxy groups -OCH3 is 1. The van der Waals surface area contributed by atoms with E-state index in [4.69, 9.17) is 16.3 Å². The Morgan fingerprint density at radius 1 is 1.09 bits per heavy atom. The fourth-order valence-electron chi connectivity index (χ4n) is 5.27. The van der Waals surface area contributed by atoms with Crippen molar-refractivity contribution >= 4 is 46.1 Å². The normalized spacial score (nSPS) is 13.7. The number of aromatic nitrogens is 1. The van der Waals surface area contributed by atoms with E-state index < -0.39 is 29.0 Å². The quantitative estimate of drug-likeness (QED) is 0.156. The summed E-state index contributed by atoms with van der Waals surface area (Å²) in [5, 5.41) is 5.73. The van der Waals surface area contributed by atoms with Crippen LogP contribution in [0, 0.1) is 11.6 Å². The topological polar surface area (TPSA) is 92.2 Å². The predicted molar refractivity (Wildman–Crippen MR) is 171 cm³/mol. The van der Waals surface area contributed by atoms with Crippen LogP contribution in [0.5, 0.6) is 5.75 Å². The molecule has 8 nitrogen and oxygen atoms in total. The van der Waals surface area contributed by atoms with Crippen molar-refractivity contribution in [1.82, 2.24) is 9.72 Å². The first-order valence-electron chi connectivity index (χ1n) is 14.4. The molecule has 1 aliphatic heterocycles. The van der Waals surface area contributed by atoms with Crippen molar-refractivity contribution in [3.63, 3.8) is 0 Å². The van der Waals surface area contributed by atoms with Gasteiger partial charge in [-0.2, -0.15) is 0 Å². The van der Waals surface area contributed by atoms with Gasteiger partial charge >= 0.3 is 0 Å². The Hall–Kier alpha value is -4.54. The number of anilines is 2. The van der Waals surface area contributed by atoms with E-state index in [0.717, 1.165) is 18.6 Å². The number of nitrogens with one attached hydrogen (secondary N) is 2. The van der Waals surface area contributed by atoms with Gasteiger partial charge in [-0.1, -0.05) is 23.7 Å². The summed E-state index contributed by atoms with van der Waals surface area (Å²) in [4.78, 5) is 39.8. The van der Waals surface area contributed by atoms with Crippen LogP contribution in [-0.4, -0.2) is 47.7 Å². The van der Waals surface area contributed by atoms with Gasteiger partial charge in [-0.25, -0.2) is 8.78 Å². The Labute approximate surface area is 264 Å². The zero-order chi connectivity index (χ0) is 32.5. The molecule has 5 rings (SSSR count). The number of halogens is 3. The molecule has 0 radical (unpaired) electrons. The SMILES string of the molecule is COc1cc(N2CCCC2=O)cc(Cl)c1-c1cccn2c(C(=O)c3cc(F)c(NC(=O)/C=C/CNC(C)(C)C)c(F)c3)ccc12. The van der Waals surface area contributed by atoms with Crippen molar-refractivity contribution < 1.29 is 27.9 Å². The number of benzene rings is 2. The highest BCUT2D eigenvalue weighted by Crippen LogP contribution is 2.42. The average Bonchev–Trinajstić information content (AvgIpc) is 3.62. The molecule has 0 bridgehead atoms. The lowest BCUT2D eigenvalue weighted by atomic mass is 10.0. The molecule has 2 aromatic carbocycles. The van der Waals surface area contributed by atoms with Gasteiger partial charge in [0.2, 0.25) is 17.6 Å². The van der Waals surface area contributed by atoms with Crippen LogP contribution in [0.2, 0.25) is 5.02 Å². The van der Waals surface area contributed by atoms with Gasteiger partial charge < -0.3 is 24.7 Å². The molecule has 4 aromatic rings. The van der Waals surface area contributed by atoms with Crippen LogP contribution in [0.25, 0.3) is 16.6 Å². The number of ketones is 1. The molecule has 1 aliphatic rings. The lowest BCUT2D eigenvalue weighted by molar-refractivity contribution is -0.117. The van der Waals surface area contributed by atoms with Crippen LogP contribution in [0.15, 0.2) is 66.9 Å². The number of nitrogens with zero attached hydrogens (tertiary/aromatic N) is 2. The minimum Gasteiger partial charge on any atom is -0.496 e. The highest BCUT2D eigenvalue weighted by atomic mass is 35.5. The molecule has 234 valence electrons. The van der Waals surface area contributed by atoms with Crippen LogP contribution in [0.3, 0.4) is 0 Å². The Bertz CT molecular complexity index is 1820. The molecule has 1 fully saturated rings. The van der Waals surface area contributed by atoms with E-state index >= 15 is 8.78 Å². The summed E-state index contributed by atoms with van der Waals surface area (Å²) in [5.74, 6) is -3.03. The van der Waals surface area contributed by atoms with Crippen molar-refractivity contribution in [2.75, 3.05) is 30.4 Å². The van der Waals surface area contributed by atoms with Gasteiger partial charge in [0, 0.05) is 65.8 Å². The maximum atomic E-state index is 15.0. The number of hydrogen-bond acceptors (Lipinski definition) is 5. The van der Waals surface area contributed by atoms with E-state index in [2.05, 4.69) is 10.6 Å². The summed E-state index contributed by atoms with van der Waals surface area (Å²) >= 11 is 6.76. The third-order valence-electron chi connectivity index (χ3n) is 7.41. The van der Waals surface area contributed by atoms with Gasteiger partial charge in [0.1, 0.15) is 23.1 Å². The van der Waals surface area contributed by atoms with E-state index in [0.29, 0.717) is 52.6 Å². The molecule has 45 heavy (non-hydrogen) atoms. The maximum Gasteiger partial charge on any atom is 0.248 e. The minimum absolute atomic E-state index is 0.0157. The number of pyridine rings is 1. The number of carbonyl (C=O) groups excluding carboxylic acids is 3. The first-order chi connectivity index (χ1) is 21.4. The lowest BCUT2D eigenvalue weighted by Gasteiger charge is -2.20. The highest BCUT2D eigenvalue weighted by molar-refractivity contribution is 6.34. The molecule has 2 aromatic heterocycles. The number of hydrogen-bond donors (Lipinski definition) is 2. The fourth-order valence-corrected chi connectivity index (χ4v) is 5.58. The Morgan fingerprint density at radius 3 is 2.47 bits per heavy atom. The Balaban J connectivity index is 1.43. The van der Waals surface area contributed by atoms with Crippen LogP contribution in [0.1, 0.15) is 49.7 Å². The van der Waals surface area contributed by atoms with Gasteiger partial charge in [0.05, 0.1) is 23.3 Å². The minimum atomic E-state index is -1.08. The van der Waals surface area contributed by atoms with E-state index in [1.807, 2.05) is 26.8 Å². The number of amides is 2. The zero-order valence-corrected chi connectivity index (χ0v) is 26.1. The first kappa shape index (κ1) is 31.9. The molecule has 1 saturated heterocycles. The molecular weight excluding hydrogens is 602 g/mol. The molecular formula is C34H33ClF2N4O4. The third-order valence-corrected chi connectivity index (χ3v) is 7.71. The number of carbonyl (C=O) groups is 3. The molecule has 0 spiro atoms. The zero-order valence-electron chi connectivity index (χ0n) is 25.3. The summed E-state index contributed by atoms with van der Waals surface area (Å²) in [7, 11) is 1.51. The van der Waals surface area contributed by atoms with Crippen LogP contribution >= 0.6 is 11.6 Å². The van der Waals surface area contributed by atoms with Crippen LogP contribution in [-0.2, 0) is 9.59 Å². The Kier molecular flexibility index (Phi) is 9.08. The van der Waals surface area contributed by atoms with E-state index in [9.17, 15) is 14.4 Å². The largest absolute Gasteiger partial charge is 0.496 e. The van der Waals surface area contributed by atoms with Crippen LogP contribution in [0.4, 0.5) is 20.2 Å². The van der Waals surface area contributed by atoms with Crippen LogP contribution < -0.4 is 20.3 Å². The van der Waals surface area contributed by atoms with E-state index in [-0.39, 0.29) is 22.7 Å². The second-order valence-electron chi connectivity index (χ2n) is 11.7. The molecule has 0 aliphatic carbocycles. The molecule has 2 N–H and O–H groups in total. The first-order valence-corrected chi connectivity index (χ1v) is 14.8. The molecule has 0 atom stereocenters. The summed E-state index contributed by atoms with van der Waals surface area (Å²) in [5.41, 5.74) is 1.58. The van der Waals surface area contributed by atoms with Gasteiger partial charge in [-0.3, -0.25) is 14.4 Å². The van der Waals surface area contributed by atoms with Crippen molar-refractivity contribution in [2.24, 2.45) is 0 Å². The second kappa shape index (κ2) is 12.8. The number of rotatable bonds is 9. The predicted octanol–water partition coefficient (Wildman–Crippen LogP) is 6.79. The van der Waals surface area contributed by atoms with Crippen molar-refractivity contribution in [3.8, 4) is 16.9 Å². The van der Waals surface area contributed by atoms with Crippen molar-refractivity contribution in [3.05, 3.63) is 94.8 Å². The molecule has 0 unspecified atom stereocenters. The van der Waals surface area contributed by atoms with E-state index in [1.165, 1.54) is 13.2 Å². The molecule has 11 heteroatoms. The van der Waals surface area contributed by atoms with Crippen molar-refractivity contribution in [1.29, 1.82) is 0 Å². The number of ether oxygens (including phenoxy) is 1. The number of fused-ring (bicyclic) bond motifs is 1. The van der Waals surface area contributed by atoms with Gasteiger partial charge in [-0.15, -0.1) is 0 Å². The maximum absolute atomic E-state index is 15.0. The van der Waals surface area contributed by atoms with Crippen molar-refractivity contribution in [2.45, 2.75) is 39.2 Å². The Morgan fingerprint density at radius 2 is 1.82 bits per heavy atom. The fraction of sp³-hybridized carbons (Fsp3) is 0.265. The molecule has 0 saturated carbocycles. The summed E-state index contributed by atoms with van der Waals surface area (Å²) < 4.78 is 37.3. The molecule has 3 heterocycles.